The Morgan fingerprint density at radius 3 is 2.52 bits per heavy atom. The Kier molecular flexibility index (Phi) is 3.39. The van der Waals surface area contributed by atoms with Gasteiger partial charge < -0.3 is 16.0 Å². The number of rotatable bonds is 3. The summed E-state index contributed by atoms with van der Waals surface area (Å²) in [5, 5.41) is 4.96. The van der Waals surface area contributed by atoms with Crippen molar-refractivity contribution >= 4 is 17.8 Å². The summed E-state index contributed by atoms with van der Waals surface area (Å²) in [6, 6.07) is -0.466. The second kappa shape index (κ2) is 4.98. The van der Waals surface area contributed by atoms with Gasteiger partial charge in [-0.3, -0.25) is 14.9 Å². The van der Waals surface area contributed by atoms with Gasteiger partial charge >= 0.3 is 6.03 Å². The Hall–Kier alpha value is -1.63. The third-order valence-electron chi connectivity index (χ3n) is 5.23. The number of piperidine rings is 1. The van der Waals surface area contributed by atoms with Gasteiger partial charge in [-0.05, 0) is 37.6 Å². The zero-order valence-corrected chi connectivity index (χ0v) is 12.1. The van der Waals surface area contributed by atoms with Gasteiger partial charge in [-0.2, -0.15) is 0 Å². The van der Waals surface area contributed by atoms with Crippen LogP contribution in [0.25, 0.3) is 0 Å². The molecular weight excluding hydrogens is 272 g/mol. The van der Waals surface area contributed by atoms with Gasteiger partial charge in [0.2, 0.25) is 5.91 Å². The highest BCUT2D eigenvalue weighted by atomic mass is 16.2. The summed E-state index contributed by atoms with van der Waals surface area (Å²) in [4.78, 5) is 37.6. The first-order valence-corrected chi connectivity index (χ1v) is 7.60. The van der Waals surface area contributed by atoms with E-state index < -0.39 is 11.6 Å². The Morgan fingerprint density at radius 1 is 1.24 bits per heavy atom. The summed E-state index contributed by atoms with van der Waals surface area (Å²) in [5.41, 5.74) is 4.84. The van der Waals surface area contributed by atoms with E-state index in [-0.39, 0.29) is 23.8 Å². The molecule has 0 aromatic rings. The van der Waals surface area contributed by atoms with E-state index in [9.17, 15) is 14.4 Å². The molecule has 1 aliphatic carbocycles. The van der Waals surface area contributed by atoms with Crippen LogP contribution in [0, 0.1) is 5.41 Å². The van der Waals surface area contributed by atoms with E-state index in [1.165, 1.54) is 0 Å². The van der Waals surface area contributed by atoms with Crippen LogP contribution in [0.4, 0.5) is 4.79 Å². The molecule has 4 N–H and O–H groups in total. The van der Waals surface area contributed by atoms with Crippen molar-refractivity contribution < 1.29 is 14.4 Å². The molecule has 1 spiro atoms. The number of nitrogens with one attached hydrogen (secondary N) is 2. The maximum atomic E-state index is 12.5. The molecule has 2 heterocycles. The summed E-state index contributed by atoms with van der Waals surface area (Å²) in [6.07, 6.45) is 4.89. The molecule has 4 amide bonds. The van der Waals surface area contributed by atoms with Gasteiger partial charge in [-0.15, -0.1) is 0 Å². The van der Waals surface area contributed by atoms with Crippen LogP contribution >= 0.6 is 0 Å². The second-order valence-corrected chi connectivity index (χ2v) is 6.64. The summed E-state index contributed by atoms with van der Waals surface area (Å²) < 4.78 is 0. The Balaban J connectivity index is 1.67. The highest BCUT2D eigenvalue weighted by Gasteiger charge is 2.50. The molecule has 0 bridgehead atoms. The van der Waals surface area contributed by atoms with Crippen LogP contribution in [-0.2, 0) is 9.59 Å². The smallest absolute Gasteiger partial charge is 0.322 e. The normalized spacial score (nSPS) is 30.8. The zero-order chi connectivity index (χ0) is 15.1. The minimum atomic E-state index is -0.930. The van der Waals surface area contributed by atoms with Gasteiger partial charge in [0.1, 0.15) is 5.54 Å². The van der Waals surface area contributed by atoms with Crippen molar-refractivity contribution in [1.82, 2.24) is 15.5 Å². The maximum absolute atomic E-state index is 12.5. The highest BCUT2D eigenvalue weighted by Crippen LogP contribution is 2.43. The standard InChI is InChI=1S/C14H22N4O3/c15-8-13(3-1-4-13)7-10(19)18-6-2-5-14(9-18)11(20)16-12(21)17-14/h1-9,15H2,(H2,16,17,20,21). The molecular formula is C14H22N4O3. The van der Waals surface area contributed by atoms with Gasteiger partial charge in [0, 0.05) is 13.0 Å². The Morgan fingerprint density at radius 2 is 2.00 bits per heavy atom. The molecule has 0 aromatic heterocycles. The lowest BCUT2D eigenvalue weighted by atomic mass is 9.66. The molecule has 21 heavy (non-hydrogen) atoms. The maximum Gasteiger partial charge on any atom is 0.322 e. The van der Waals surface area contributed by atoms with Gasteiger partial charge in [0.05, 0.1) is 6.54 Å². The van der Waals surface area contributed by atoms with E-state index in [4.69, 9.17) is 5.73 Å². The predicted octanol–water partition coefficient (Wildman–Crippen LogP) is -0.294. The Bertz CT molecular complexity index is 483. The SMILES string of the molecule is NCC1(CC(=O)N2CCCC3(C2)NC(=O)NC3=O)CCC1. The number of carbonyl (C=O) groups is 3. The molecule has 116 valence electrons. The van der Waals surface area contributed by atoms with Crippen LogP contribution in [0.2, 0.25) is 0 Å². The minimum absolute atomic E-state index is 0.0388. The molecule has 3 rings (SSSR count). The summed E-state index contributed by atoms with van der Waals surface area (Å²) in [5.74, 6) is -0.268. The lowest BCUT2D eigenvalue weighted by Crippen LogP contribution is -2.60. The number of nitrogens with two attached hydrogens (primary N) is 1. The topological polar surface area (TPSA) is 105 Å². The number of urea groups is 1. The van der Waals surface area contributed by atoms with Crippen LogP contribution in [0.15, 0.2) is 0 Å². The van der Waals surface area contributed by atoms with E-state index in [1.54, 1.807) is 4.90 Å². The third-order valence-corrected chi connectivity index (χ3v) is 5.23. The van der Waals surface area contributed by atoms with E-state index in [2.05, 4.69) is 10.6 Å². The lowest BCUT2D eigenvalue weighted by Gasteiger charge is -2.43. The molecule has 0 aromatic carbocycles. The fraction of sp³-hybridized carbons (Fsp3) is 0.786. The van der Waals surface area contributed by atoms with Crippen molar-refractivity contribution in [2.75, 3.05) is 19.6 Å². The quantitative estimate of drug-likeness (QED) is 0.622. The molecule has 2 aliphatic heterocycles. The molecule has 1 unspecified atom stereocenters. The first-order valence-electron chi connectivity index (χ1n) is 7.60. The van der Waals surface area contributed by atoms with Crippen LogP contribution < -0.4 is 16.4 Å². The summed E-state index contributed by atoms with van der Waals surface area (Å²) in [7, 11) is 0. The molecule has 0 radical (unpaired) electrons. The van der Waals surface area contributed by atoms with Crippen molar-refractivity contribution in [3.05, 3.63) is 0 Å². The monoisotopic (exact) mass is 294 g/mol. The van der Waals surface area contributed by atoms with E-state index >= 15 is 0 Å². The minimum Gasteiger partial charge on any atom is -0.340 e. The summed E-state index contributed by atoms with van der Waals surface area (Å²) in [6.45, 7) is 1.45. The van der Waals surface area contributed by atoms with Crippen molar-refractivity contribution in [3.8, 4) is 0 Å². The predicted molar refractivity (Wildman–Crippen MR) is 75.2 cm³/mol. The average Bonchev–Trinajstić information content (AvgIpc) is 2.68. The number of hydrogen-bond acceptors (Lipinski definition) is 4. The largest absolute Gasteiger partial charge is 0.340 e. The molecule has 7 nitrogen and oxygen atoms in total. The van der Waals surface area contributed by atoms with E-state index in [0.29, 0.717) is 25.9 Å². The molecule has 3 fully saturated rings. The van der Waals surface area contributed by atoms with Gasteiger partial charge in [-0.1, -0.05) is 6.42 Å². The van der Waals surface area contributed by atoms with Crippen molar-refractivity contribution in [1.29, 1.82) is 0 Å². The third kappa shape index (κ3) is 2.39. The fourth-order valence-corrected chi connectivity index (χ4v) is 3.65. The number of amides is 4. The van der Waals surface area contributed by atoms with Gasteiger partial charge in [-0.25, -0.2) is 4.79 Å². The highest BCUT2D eigenvalue weighted by molar-refractivity contribution is 6.07. The number of likely N-dealkylation sites (tertiary alicyclic amines) is 1. The van der Waals surface area contributed by atoms with Crippen molar-refractivity contribution in [3.63, 3.8) is 0 Å². The van der Waals surface area contributed by atoms with Gasteiger partial charge in [0.25, 0.3) is 5.91 Å². The number of carbonyl (C=O) groups excluding carboxylic acids is 3. The van der Waals surface area contributed by atoms with E-state index in [0.717, 1.165) is 25.7 Å². The van der Waals surface area contributed by atoms with Crippen LogP contribution in [0.3, 0.4) is 0 Å². The lowest BCUT2D eigenvalue weighted by molar-refractivity contribution is -0.139. The average molecular weight is 294 g/mol. The van der Waals surface area contributed by atoms with E-state index in [1.807, 2.05) is 0 Å². The number of nitrogens with zero attached hydrogens (tertiary/aromatic N) is 1. The zero-order valence-electron chi connectivity index (χ0n) is 12.1. The van der Waals surface area contributed by atoms with Crippen LogP contribution in [0.5, 0.6) is 0 Å². The molecule has 7 heteroatoms. The van der Waals surface area contributed by atoms with Crippen molar-refractivity contribution in [2.45, 2.75) is 44.1 Å². The molecule has 3 aliphatic rings. The first kappa shape index (κ1) is 14.3. The summed E-state index contributed by atoms with van der Waals surface area (Å²) >= 11 is 0. The van der Waals surface area contributed by atoms with Crippen LogP contribution in [-0.4, -0.2) is 47.9 Å². The second-order valence-electron chi connectivity index (χ2n) is 6.64. The van der Waals surface area contributed by atoms with Crippen LogP contribution in [0.1, 0.15) is 38.5 Å². The molecule has 1 atom stereocenters. The Labute approximate surface area is 123 Å². The molecule has 1 saturated carbocycles. The van der Waals surface area contributed by atoms with Crippen molar-refractivity contribution in [2.24, 2.45) is 11.1 Å². The fourth-order valence-electron chi connectivity index (χ4n) is 3.65. The van der Waals surface area contributed by atoms with Gasteiger partial charge in [0.15, 0.2) is 0 Å². The molecule has 2 saturated heterocycles. The number of imide groups is 1. The number of hydrogen-bond donors (Lipinski definition) is 3. The first-order chi connectivity index (χ1) is 9.99.